The molecular formula is C26H35F2N3O4S. The summed E-state index contributed by atoms with van der Waals surface area (Å²) in [4.78, 5) is 27.5. The summed E-state index contributed by atoms with van der Waals surface area (Å²) in [5, 5.41) is 2.86. The van der Waals surface area contributed by atoms with Crippen molar-refractivity contribution in [2.45, 2.75) is 59.0 Å². The maximum absolute atomic E-state index is 13.7. The van der Waals surface area contributed by atoms with Crippen LogP contribution in [0, 0.1) is 18.6 Å². The van der Waals surface area contributed by atoms with E-state index in [4.69, 9.17) is 0 Å². The summed E-state index contributed by atoms with van der Waals surface area (Å²) in [5.41, 5.74) is 1.86. The fourth-order valence-corrected chi connectivity index (χ4v) is 4.69. The second kappa shape index (κ2) is 13.3. The lowest BCUT2D eigenvalue weighted by Crippen LogP contribution is -2.48. The lowest BCUT2D eigenvalue weighted by molar-refractivity contribution is -0.140. The van der Waals surface area contributed by atoms with E-state index in [9.17, 15) is 26.8 Å². The molecule has 0 aliphatic rings. The first-order valence-corrected chi connectivity index (χ1v) is 13.8. The van der Waals surface area contributed by atoms with Gasteiger partial charge in [-0.1, -0.05) is 37.6 Å². The number of carbonyl (C=O) groups excluding carboxylic acids is 2. The highest BCUT2D eigenvalue weighted by molar-refractivity contribution is 7.92. The van der Waals surface area contributed by atoms with E-state index < -0.39 is 27.7 Å². The van der Waals surface area contributed by atoms with Crippen LogP contribution >= 0.6 is 0 Å². The maximum atomic E-state index is 13.7. The van der Waals surface area contributed by atoms with Crippen molar-refractivity contribution in [3.8, 4) is 0 Å². The number of unbranched alkanes of at least 4 members (excludes halogenated alkanes) is 1. The number of rotatable bonds is 13. The normalized spacial score (nSPS) is 12.2. The number of carbonyl (C=O) groups is 2. The van der Waals surface area contributed by atoms with Crippen LogP contribution in [0.5, 0.6) is 0 Å². The Morgan fingerprint density at radius 1 is 1.06 bits per heavy atom. The van der Waals surface area contributed by atoms with Crippen LogP contribution in [0.15, 0.2) is 42.5 Å². The van der Waals surface area contributed by atoms with E-state index >= 15 is 0 Å². The van der Waals surface area contributed by atoms with Crippen molar-refractivity contribution in [3.63, 3.8) is 0 Å². The molecule has 0 radical (unpaired) electrons. The predicted octanol–water partition coefficient (Wildman–Crippen LogP) is 4.15. The second-order valence-corrected chi connectivity index (χ2v) is 10.7. The minimum absolute atomic E-state index is 0.0238. The molecule has 0 heterocycles. The standard InChI is InChI=1S/C26H35F2N3O4S/c1-5-6-15-29-26(33)20(3)30(18-21-11-8-7-10-19(21)2)25(32)12-9-16-31(36(4,34)35)22-13-14-23(27)24(28)17-22/h7-8,10-11,13-14,17,20H,5-6,9,12,15-16,18H2,1-4H3,(H,29,33)/t20-/m1/s1. The number of aryl methyl sites for hydroxylation is 1. The molecule has 0 aliphatic carbocycles. The molecule has 2 aromatic carbocycles. The number of nitrogens with one attached hydrogen (secondary N) is 1. The Morgan fingerprint density at radius 2 is 1.75 bits per heavy atom. The fraction of sp³-hybridized carbons (Fsp3) is 0.462. The van der Waals surface area contributed by atoms with Crippen molar-refractivity contribution in [2.75, 3.05) is 23.7 Å². The summed E-state index contributed by atoms with van der Waals surface area (Å²) in [6.07, 6.45) is 2.81. The number of benzene rings is 2. The predicted molar refractivity (Wildman–Crippen MR) is 137 cm³/mol. The smallest absolute Gasteiger partial charge is 0.242 e. The van der Waals surface area contributed by atoms with Gasteiger partial charge in [0.2, 0.25) is 21.8 Å². The van der Waals surface area contributed by atoms with Gasteiger partial charge >= 0.3 is 0 Å². The van der Waals surface area contributed by atoms with Gasteiger partial charge in [-0.15, -0.1) is 0 Å². The minimum atomic E-state index is -3.81. The zero-order valence-corrected chi connectivity index (χ0v) is 22.1. The average Bonchev–Trinajstić information content (AvgIpc) is 2.82. The molecule has 1 atom stereocenters. The van der Waals surface area contributed by atoms with Crippen LogP contribution in [0.2, 0.25) is 0 Å². The van der Waals surface area contributed by atoms with Gasteiger partial charge in [-0.05, 0) is 49.9 Å². The van der Waals surface area contributed by atoms with Gasteiger partial charge in [0.1, 0.15) is 6.04 Å². The monoisotopic (exact) mass is 523 g/mol. The van der Waals surface area contributed by atoms with E-state index in [2.05, 4.69) is 5.32 Å². The van der Waals surface area contributed by atoms with Crippen LogP contribution in [-0.4, -0.2) is 50.5 Å². The summed E-state index contributed by atoms with van der Waals surface area (Å²) in [5.74, 6) is -2.81. The topological polar surface area (TPSA) is 86.8 Å². The van der Waals surface area contributed by atoms with Gasteiger partial charge in [0.05, 0.1) is 11.9 Å². The first-order valence-electron chi connectivity index (χ1n) is 12.0. The van der Waals surface area contributed by atoms with Gasteiger partial charge in [-0.2, -0.15) is 0 Å². The molecule has 0 saturated carbocycles. The molecule has 2 rings (SSSR count). The third kappa shape index (κ3) is 8.29. The number of nitrogens with zero attached hydrogens (tertiary/aromatic N) is 2. The Morgan fingerprint density at radius 3 is 2.36 bits per heavy atom. The van der Waals surface area contributed by atoms with Gasteiger partial charge in [0.25, 0.3) is 0 Å². The van der Waals surface area contributed by atoms with E-state index in [0.717, 1.165) is 46.7 Å². The van der Waals surface area contributed by atoms with Gasteiger partial charge in [-0.3, -0.25) is 13.9 Å². The molecule has 0 fully saturated rings. The summed E-state index contributed by atoms with van der Waals surface area (Å²) >= 11 is 0. The molecule has 10 heteroatoms. The number of hydrogen-bond acceptors (Lipinski definition) is 4. The van der Waals surface area contributed by atoms with Crippen LogP contribution in [0.1, 0.15) is 50.7 Å². The molecule has 1 N–H and O–H groups in total. The van der Waals surface area contributed by atoms with Crippen molar-refractivity contribution in [3.05, 3.63) is 65.2 Å². The van der Waals surface area contributed by atoms with Gasteiger partial charge in [-0.25, -0.2) is 17.2 Å². The molecule has 2 aromatic rings. The number of halogens is 2. The van der Waals surface area contributed by atoms with E-state index in [0.29, 0.717) is 6.54 Å². The molecule has 198 valence electrons. The SMILES string of the molecule is CCCCNC(=O)[C@@H](C)N(Cc1ccccc1C)C(=O)CCCN(c1ccc(F)c(F)c1)S(C)(=O)=O. The molecule has 0 spiro atoms. The van der Waals surface area contributed by atoms with Gasteiger partial charge < -0.3 is 10.2 Å². The van der Waals surface area contributed by atoms with Crippen LogP contribution in [0.3, 0.4) is 0 Å². The van der Waals surface area contributed by atoms with Crippen molar-refractivity contribution >= 4 is 27.5 Å². The first kappa shape index (κ1) is 29.2. The number of hydrogen-bond donors (Lipinski definition) is 1. The zero-order chi connectivity index (χ0) is 26.9. The second-order valence-electron chi connectivity index (χ2n) is 8.81. The Labute approximate surface area is 212 Å². The lowest BCUT2D eigenvalue weighted by atomic mass is 10.1. The highest BCUT2D eigenvalue weighted by atomic mass is 32.2. The lowest BCUT2D eigenvalue weighted by Gasteiger charge is -2.30. The number of sulfonamides is 1. The van der Waals surface area contributed by atoms with Crippen LogP contribution in [0.4, 0.5) is 14.5 Å². The third-order valence-corrected chi connectivity index (χ3v) is 7.14. The number of anilines is 1. The van der Waals surface area contributed by atoms with E-state index in [1.165, 1.54) is 11.0 Å². The minimum Gasteiger partial charge on any atom is -0.354 e. The summed E-state index contributed by atoms with van der Waals surface area (Å²) < 4.78 is 52.6. The highest BCUT2D eigenvalue weighted by Crippen LogP contribution is 2.22. The Hall–Kier alpha value is -3.01. The van der Waals surface area contributed by atoms with Crippen molar-refractivity contribution < 1.29 is 26.8 Å². The molecule has 36 heavy (non-hydrogen) atoms. The van der Waals surface area contributed by atoms with Gasteiger partial charge in [0, 0.05) is 32.1 Å². The molecule has 7 nitrogen and oxygen atoms in total. The molecule has 0 saturated heterocycles. The van der Waals surface area contributed by atoms with E-state index in [1.54, 1.807) is 6.92 Å². The summed E-state index contributed by atoms with van der Waals surface area (Å²) in [7, 11) is -3.81. The Balaban J connectivity index is 2.17. The number of amides is 2. The Bertz CT molecular complexity index is 1160. The van der Waals surface area contributed by atoms with E-state index in [1.807, 2.05) is 38.1 Å². The fourth-order valence-electron chi connectivity index (χ4n) is 3.73. The van der Waals surface area contributed by atoms with Crippen molar-refractivity contribution in [1.29, 1.82) is 0 Å². The molecule has 0 aliphatic heterocycles. The molecule has 0 unspecified atom stereocenters. The highest BCUT2D eigenvalue weighted by Gasteiger charge is 2.27. The molecule has 0 aromatic heterocycles. The van der Waals surface area contributed by atoms with Crippen molar-refractivity contribution in [2.24, 2.45) is 0 Å². The third-order valence-electron chi connectivity index (χ3n) is 5.94. The van der Waals surface area contributed by atoms with Crippen molar-refractivity contribution in [1.82, 2.24) is 10.2 Å². The average molecular weight is 524 g/mol. The first-order chi connectivity index (χ1) is 17.0. The van der Waals surface area contributed by atoms with E-state index in [-0.39, 0.29) is 43.4 Å². The maximum Gasteiger partial charge on any atom is 0.242 e. The molecule has 0 bridgehead atoms. The van der Waals surface area contributed by atoms with Crippen LogP contribution in [-0.2, 0) is 26.2 Å². The quantitative estimate of drug-likeness (QED) is 0.400. The molecule has 2 amide bonds. The zero-order valence-electron chi connectivity index (χ0n) is 21.3. The van der Waals surface area contributed by atoms with Gasteiger partial charge in [0.15, 0.2) is 11.6 Å². The molecular weight excluding hydrogens is 488 g/mol. The summed E-state index contributed by atoms with van der Waals surface area (Å²) in [6, 6.07) is 9.69. The van der Waals surface area contributed by atoms with Crippen LogP contribution in [0.25, 0.3) is 0 Å². The largest absolute Gasteiger partial charge is 0.354 e. The van der Waals surface area contributed by atoms with Crippen LogP contribution < -0.4 is 9.62 Å². The Kier molecular flexibility index (Phi) is 10.8. The summed E-state index contributed by atoms with van der Waals surface area (Å²) in [6.45, 7) is 6.25.